The molecule has 3 aromatic carbocycles. The summed E-state index contributed by atoms with van der Waals surface area (Å²) in [6.45, 7) is 4.66. The molecule has 1 N–H and O–H groups in total. The van der Waals surface area contributed by atoms with Crippen molar-refractivity contribution in [3.8, 4) is 11.5 Å². The summed E-state index contributed by atoms with van der Waals surface area (Å²) in [5, 5.41) is 20.4. The maximum atomic E-state index is 14.2. The minimum absolute atomic E-state index is 0.118. The molecule has 0 radical (unpaired) electrons. The van der Waals surface area contributed by atoms with Gasteiger partial charge in [-0.25, -0.2) is 4.39 Å². The van der Waals surface area contributed by atoms with E-state index in [1.54, 1.807) is 60.7 Å². The molecule has 0 aliphatic carbocycles. The topological polar surface area (TPSA) is 102 Å². The van der Waals surface area contributed by atoms with Crippen molar-refractivity contribution in [2.75, 3.05) is 18.1 Å². The number of rotatable bonds is 11. The minimum atomic E-state index is -1.05. The Hall–Kier alpha value is -3.93. The van der Waals surface area contributed by atoms with Crippen molar-refractivity contribution < 1.29 is 28.6 Å². The van der Waals surface area contributed by atoms with Gasteiger partial charge in [-0.2, -0.15) is 0 Å². The SMILES string of the molecule is CCCOc1ccc(C2C(=C(O)c3ccc(Cl)cc3)C(=O)C(=O)N2c2nnc(SCc3ccccc3F)s2)cc1OCC. The quantitative estimate of drug-likeness (QED) is 0.0594. The van der Waals surface area contributed by atoms with Crippen molar-refractivity contribution in [3.63, 3.8) is 0 Å². The van der Waals surface area contributed by atoms with Gasteiger partial charge in [0.2, 0.25) is 5.13 Å². The van der Waals surface area contributed by atoms with E-state index in [9.17, 15) is 19.1 Å². The van der Waals surface area contributed by atoms with Gasteiger partial charge in [0.25, 0.3) is 5.78 Å². The second-order valence-corrected chi connectivity index (χ2v) is 12.0. The number of hydrogen-bond donors (Lipinski definition) is 1. The molecule has 1 atom stereocenters. The van der Waals surface area contributed by atoms with Gasteiger partial charge in [0, 0.05) is 16.3 Å². The fourth-order valence-electron chi connectivity index (χ4n) is 4.52. The lowest BCUT2D eigenvalue weighted by Gasteiger charge is -2.23. The molecule has 1 saturated heterocycles. The Labute approximate surface area is 261 Å². The molecule has 5 rings (SSSR count). The molecule has 12 heteroatoms. The van der Waals surface area contributed by atoms with Crippen LogP contribution in [0.15, 0.2) is 76.6 Å². The van der Waals surface area contributed by atoms with Crippen molar-refractivity contribution in [2.24, 2.45) is 0 Å². The highest BCUT2D eigenvalue weighted by molar-refractivity contribution is 8.00. The summed E-state index contributed by atoms with van der Waals surface area (Å²) in [6.07, 6.45) is 0.795. The summed E-state index contributed by atoms with van der Waals surface area (Å²) in [5.41, 5.74) is 1.20. The molecule has 1 fully saturated rings. The van der Waals surface area contributed by atoms with Gasteiger partial charge in [-0.05, 0) is 66.9 Å². The number of hydrogen-bond acceptors (Lipinski definition) is 9. The van der Waals surface area contributed by atoms with E-state index in [4.69, 9.17) is 21.1 Å². The largest absolute Gasteiger partial charge is 0.507 e. The van der Waals surface area contributed by atoms with Crippen LogP contribution in [0.5, 0.6) is 11.5 Å². The smallest absolute Gasteiger partial charge is 0.301 e. The van der Waals surface area contributed by atoms with Gasteiger partial charge in [0.05, 0.1) is 24.8 Å². The molecular weight excluding hydrogens is 613 g/mol. The fraction of sp³-hybridized carbons (Fsp3) is 0.226. The normalized spacial score (nSPS) is 16.1. The molecule has 1 aromatic heterocycles. The zero-order valence-corrected chi connectivity index (χ0v) is 25.6. The van der Waals surface area contributed by atoms with Crippen LogP contribution < -0.4 is 14.4 Å². The third-order valence-corrected chi connectivity index (χ3v) is 8.87. The third-order valence-electron chi connectivity index (χ3n) is 6.52. The summed E-state index contributed by atoms with van der Waals surface area (Å²) in [7, 11) is 0. The van der Waals surface area contributed by atoms with E-state index >= 15 is 0 Å². The van der Waals surface area contributed by atoms with Gasteiger partial charge in [-0.15, -0.1) is 10.2 Å². The summed E-state index contributed by atoms with van der Waals surface area (Å²) >= 11 is 8.40. The summed E-state index contributed by atoms with van der Waals surface area (Å²) < 4.78 is 26.3. The highest BCUT2D eigenvalue weighted by Gasteiger charge is 2.48. The van der Waals surface area contributed by atoms with Crippen molar-refractivity contribution in [2.45, 2.75) is 36.4 Å². The number of anilines is 1. The Morgan fingerprint density at radius 2 is 1.81 bits per heavy atom. The van der Waals surface area contributed by atoms with E-state index in [0.717, 1.165) is 17.8 Å². The average molecular weight is 640 g/mol. The third kappa shape index (κ3) is 6.53. The second kappa shape index (κ2) is 13.6. The number of thioether (sulfide) groups is 1. The molecule has 0 bridgehead atoms. The number of halogens is 2. The zero-order valence-electron chi connectivity index (χ0n) is 23.3. The Kier molecular flexibility index (Phi) is 9.64. The van der Waals surface area contributed by atoms with E-state index in [2.05, 4.69) is 10.2 Å². The first-order valence-electron chi connectivity index (χ1n) is 13.5. The second-order valence-electron chi connectivity index (χ2n) is 9.39. The molecule has 1 unspecified atom stereocenters. The molecule has 1 aliphatic rings. The number of Topliss-reactive ketones (excluding diaryl/α,β-unsaturated/α-hetero) is 1. The number of carbonyl (C=O) groups excluding carboxylic acids is 2. The molecule has 0 spiro atoms. The highest BCUT2D eigenvalue weighted by atomic mass is 35.5. The van der Waals surface area contributed by atoms with E-state index in [1.165, 1.54) is 22.7 Å². The standard InChI is InChI=1S/C31H27ClFN3O5S2/c1-3-15-41-23-14-11-19(16-24(23)40-4-2)26-25(27(37)18-9-12-21(32)13-10-18)28(38)29(39)36(26)30-34-35-31(43-30)42-17-20-7-5-6-8-22(20)33/h5-14,16,26,37H,3-4,15,17H2,1-2H3. The first-order valence-corrected chi connectivity index (χ1v) is 15.7. The Balaban J connectivity index is 1.58. The van der Waals surface area contributed by atoms with Crippen LogP contribution in [0.2, 0.25) is 5.02 Å². The molecule has 4 aromatic rings. The van der Waals surface area contributed by atoms with E-state index in [0.29, 0.717) is 56.5 Å². The van der Waals surface area contributed by atoms with E-state index in [-0.39, 0.29) is 22.3 Å². The molecular formula is C31H27ClFN3O5S2. The first kappa shape index (κ1) is 30.5. The van der Waals surface area contributed by atoms with Crippen LogP contribution in [0.25, 0.3) is 5.76 Å². The molecule has 8 nitrogen and oxygen atoms in total. The molecule has 0 saturated carbocycles. The summed E-state index contributed by atoms with van der Waals surface area (Å²) in [5.74, 6) is -1.18. The number of ketones is 1. The van der Waals surface area contributed by atoms with Gasteiger partial charge in [0.1, 0.15) is 11.6 Å². The molecule has 222 valence electrons. The Morgan fingerprint density at radius 1 is 1.05 bits per heavy atom. The number of benzene rings is 3. The van der Waals surface area contributed by atoms with Crippen LogP contribution in [0.4, 0.5) is 9.52 Å². The van der Waals surface area contributed by atoms with Gasteiger partial charge >= 0.3 is 5.91 Å². The molecule has 1 amide bonds. The Morgan fingerprint density at radius 3 is 2.53 bits per heavy atom. The van der Waals surface area contributed by atoms with Crippen molar-refractivity contribution in [1.82, 2.24) is 10.2 Å². The number of aromatic nitrogens is 2. The highest BCUT2D eigenvalue weighted by Crippen LogP contribution is 2.45. The first-order chi connectivity index (χ1) is 20.8. The lowest BCUT2D eigenvalue weighted by molar-refractivity contribution is -0.132. The predicted octanol–water partition coefficient (Wildman–Crippen LogP) is 7.44. The molecule has 1 aliphatic heterocycles. The summed E-state index contributed by atoms with van der Waals surface area (Å²) in [6, 6.07) is 16.8. The number of nitrogens with zero attached hydrogens (tertiary/aromatic N) is 3. The lowest BCUT2D eigenvalue weighted by atomic mass is 9.95. The fourth-order valence-corrected chi connectivity index (χ4v) is 6.50. The van der Waals surface area contributed by atoms with Crippen molar-refractivity contribution in [3.05, 3.63) is 99.8 Å². The van der Waals surface area contributed by atoms with Crippen LogP contribution in [-0.2, 0) is 15.3 Å². The van der Waals surface area contributed by atoms with Gasteiger partial charge < -0.3 is 14.6 Å². The zero-order chi connectivity index (χ0) is 30.5. The average Bonchev–Trinajstić information content (AvgIpc) is 3.58. The van der Waals surface area contributed by atoms with Crippen molar-refractivity contribution >= 4 is 57.3 Å². The number of carbonyl (C=O) groups is 2. The van der Waals surface area contributed by atoms with Crippen LogP contribution in [-0.4, -0.2) is 40.2 Å². The van der Waals surface area contributed by atoms with Crippen LogP contribution in [0, 0.1) is 5.82 Å². The van der Waals surface area contributed by atoms with Crippen LogP contribution in [0.1, 0.15) is 43.0 Å². The summed E-state index contributed by atoms with van der Waals surface area (Å²) in [4.78, 5) is 28.4. The maximum Gasteiger partial charge on any atom is 0.301 e. The number of aliphatic hydroxyl groups excluding tert-OH is 1. The monoisotopic (exact) mass is 639 g/mol. The number of amides is 1. The predicted molar refractivity (Wildman–Crippen MR) is 166 cm³/mol. The number of ether oxygens (including phenoxy) is 2. The van der Waals surface area contributed by atoms with Crippen LogP contribution >= 0.6 is 34.7 Å². The Bertz CT molecular complexity index is 1680. The van der Waals surface area contributed by atoms with Gasteiger partial charge in [0.15, 0.2) is 15.8 Å². The van der Waals surface area contributed by atoms with Crippen molar-refractivity contribution in [1.29, 1.82) is 0 Å². The molecule has 43 heavy (non-hydrogen) atoms. The van der Waals surface area contributed by atoms with Gasteiger partial charge in [-0.1, -0.05) is 65.9 Å². The number of aliphatic hydroxyl groups is 1. The molecule has 2 heterocycles. The van der Waals surface area contributed by atoms with E-state index in [1.807, 2.05) is 13.8 Å². The lowest BCUT2D eigenvalue weighted by Crippen LogP contribution is -2.29. The van der Waals surface area contributed by atoms with E-state index < -0.39 is 17.7 Å². The maximum absolute atomic E-state index is 14.2. The van der Waals surface area contributed by atoms with Crippen LogP contribution in [0.3, 0.4) is 0 Å². The minimum Gasteiger partial charge on any atom is -0.507 e. The van der Waals surface area contributed by atoms with Gasteiger partial charge in [-0.3, -0.25) is 14.5 Å².